The maximum Gasteiger partial charge on any atom is 0.245 e. The summed E-state index contributed by atoms with van der Waals surface area (Å²) in [5, 5.41) is 12.7. The summed E-state index contributed by atoms with van der Waals surface area (Å²) in [6, 6.07) is -0.0706. The standard InChI is InChI=1S/C12H23N5O3/c1-14-12(18)9-20-8-10(13)3-2-5-19-6-4-11-7-15-17-16-11/h7,10H,2-6,8-9,13H2,1H3,(H,14,18)(H,15,16,17). The molecule has 8 heteroatoms. The van der Waals surface area contributed by atoms with E-state index in [0.29, 0.717) is 19.8 Å². The first-order chi connectivity index (χ1) is 9.72. The van der Waals surface area contributed by atoms with Gasteiger partial charge in [0.25, 0.3) is 0 Å². The SMILES string of the molecule is CNC(=O)COCC(N)CCCOCCc1cn[nH]n1. The number of hydrogen-bond donors (Lipinski definition) is 3. The summed E-state index contributed by atoms with van der Waals surface area (Å²) in [6.07, 6.45) is 4.10. The van der Waals surface area contributed by atoms with Crippen molar-refractivity contribution in [3.8, 4) is 0 Å². The van der Waals surface area contributed by atoms with Gasteiger partial charge in [0.05, 0.1) is 25.1 Å². The second-order valence-corrected chi connectivity index (χ2v) is 4.41. The van der Waals surface area contributed by atoms with Gasteiger partial charge < -0.3 is 20.5 Å². The van der Waals surface area contributed by atoms with Gasteiger partial charge in [-0.05, 0) is 12.8 Å². The van der Waals surface area contributed by atoms with Crippen LogP contribution in [-0.2, 0) is 20.7 Å². The van der Waals surface area contributed by atoms with Crippen molar-refractivity contribution in [1.29, 1.82) is 0 Å². The molecule has 0 bridgehead atoms. The van der Waals surface area contributed by atoms with Gasteiger partial charge >= 0.3 is 0 Å². The van der Waals surface area contributed by atoms with Crippen molar-refractivity contribution in [3.05, 3.63) is 11.9 Å². The molecule has 0 aromatic carbocycles. The monoisotopic (exact) mass is 285 g/mol. The van der Waals surface area contributed by atoms with E-state index in [-0.39, 0.29) is 18.6 Å². The van der Waals surface area contributed by atoms with Crippen LogP contribution in [0.15, 0.2) is 6.20 Å². The van der Waals surface area contributed by atoms with Gasteiger partial charge in [-0.1, -0.05) is 0 Å². The second-order valence-electron chi connectivity index (χ2n) is 4.41. The van der Waals surface area contributed by atoms with Crippen molar-refractivity contribution in [1.82, 2.24) is 20.7 Å². The Morgan fingerprint density at radius 3 is 3.05 bits per heavy atom. The van der Waals surface area contributed by atoms with E-state index in [1.807, 2.05) is 0 Å². The minimum atomic E-state index is -0.145. The fourth-order valence-corrected chi connectivity index (χ4v) is 1.53. The normalized spacial score (nSPS) is 12.3. The van der Waals surface area contributed by atoms with Crippen molar-refractivity contribution in [2.24, 2.45) is 5.73 Å². The van der Waals surface area contributed by atoms with Crippen LogP contribution in [0.1, 0.15) is 18.5 Å². The van der Waals surface area contributed by atoms with Crippen LogP contribution in [0.4, 0.5) is 0 Å². The third kappa shape index (κ3) is 7.82. The van der Waals surface area contributed by atoms with Crippen LogP contribution in [0.3, 0.4) is 0 Å². The van der Waals surface area contributed by atoms with Crippen molar-refractivity contribution >= 4 is 5.91 Å². The molecule has 4 N–H and O–H groups in total. The minimum absolute atomic E-state index is 0.0540. The molecule has 0 radical (unpaired) electrons. The Labute approximate surface area is 118 Å². The van der Waals surface area contributed by atoms with E-state index in [1.54, 1.807) is 13.2 Å². The number of nitrogens with two attached hydrogens (primary N) is 1. The van der Waals surface area contributed by atoms with Crippen LogP contribution in [-0.4, -0.2) is 60.8 Å². The number of aromatic amines is 1. The van der Waals surface area contributed by atoms with Crippen LogP contribution < -0.4 is 11.1 Å². The van der Waals surface area contributed by atoms with Gasteiger partial charge in [-0.2, -0.15) is 15.4 Å². The molecule has 0 aliphatic rings. The lowest BCUT2D eigenvalue weighted by atomic mass is 10.2. The van der Waals surface area contributed by atoms with Gasteiger partial charge in [0, 0.05) is 26.1 Å². The molecule has 0 spiro atoms. The number of H-pyrrole nitrogens is 1. The zero-order chi connectivity index (χ0) is 14.6. The number of amides is 1. The molecule has 0 fully saturated rings. The Kier molecular flexibility index (Phi) is 8.52. The van der Waals surface area contributed by atoms with E-state index in [4.69, 9.17) is 15.2 Å². The molecule has 1 amide bonds. The first kappa shape index (κ1) is 16.5. The molecule has 1 rings (SSSR count). The lowest BCUT2D eigenvalue weighted by Gasteiger charge is -2.11. The number of carbonyl (C=O) groups is 1. The van der Waals surface area contributed by atoms with Gasteiger partial charge in [0.1, 0.15) is 6.61 Å². The van der Waals surface area contributed by atoms with E-state index in [0.717, 1.165) is 25.0 Å². The molecule has 1 aromatic rings. The number of nitrogens with one attached hydrogen (secondary N) is 2. The van der Waals surface area contributed by atoms with Crippen molar-refractivity contribution in [3.63, 3.8) is 0 Å². The van der Waals surface area contributed by atoms with Gasteiger partial charge in [-0.3, -0.25) is 4.79 Å². The molecular formula is C12H23N5O3. The number of aromatic nitrogens is 3. The fourth-order valence-electron chi connectivity index (χ4n) is 1.53. The van der Waals surface area contributed by atoms with Crippen LogP contribution in [0, 0.1) is 0 Å². The van der Waals surface area contributed by atoms with E-state index in [9.17, 15) is 4.79 Å². The van der Waals surface area contributed by atoms with Crippen molar-refractivity contribution in [2.75, 3.05) is 33.5 Å². The zero-order valence-corrected chi connectivity index (χ0v) is 11.8. The highest BCUT2D eigenvalue weighted by molar-refractivity contribution is 5.76. The van der Waals surface area contributed by atoms with Crippen LogP contribution in [0.25, 0.3) is 0 Å². The maximum absolute atomic E-state index is 10.9. The number of ether oxygens (including phenoxy) is 2. The highest BCUT2D eigenvalue weighted by Gasteiger charge is 2.04. The maximum atomic E-state index is 10.9. The topological polar surface area (TPSA) is 115 Å². The Bertz CT molecular complexity index is 358. The summed E-state index contributed by atoms with van der Waals surface area (Å²) in [4.78, 5) is 10.9. The van der Waals surface area contributed by atoms with E-state index < -0.39 is 0 Å². The number of hydrogen-bond acceptors (Lipinski definition) is 6. The number of carbonyl (C=O) groups excluding carboxylic acids is 1. The highest BCUT2D eigenvalue weighted by Crippen LogP contribution is 1.98. The largest absolute Gasteiger partial charge is 0.381 e. The molecule has 8 nitrogen and oxygen atoms in total. The van der Waals surface area contributed by atoms with Gasteiger partial charge in [-0.15, -0.1) is 0 Å². The Morgan fingerprint density at radius 1 is 1.50 bits per heavy atom. The van der Waals surface area contributed by atoms with Crippen LogP contribution in [0.5, 0.6) is 0 Å². The Morgan fingerprint density at radius 2 is 2.35 bits per heavy atom. The lowest BCUT2D eigenvalue weighted by Crippen LogP contribution is -2.30. The molecule has 0 saturated heterocycles. The molecule has 0 aliphatic heterocycles. The van der Waals surface area contributed by atoms with Gasteiger partial charge in [-0.25, -0.2) is 0 Å². The summed E-state index contributed by atoms with van der Waals surface area (Å²) in [5.74, 6) is -0.145. The summed E-state index contributed by atoms with van der Waals surface area (Å²) < 4.78 is 10.7. The Balaban J connectivity index is 1.88. The van der Waals surface area contributed by atoms with Crippen molar-refractivity contribution < 1.29 is 14.3 Å². The molecule has 1 heterocycles. The minimum Gasteiger partial charge on any atom is -0.381 e. The summed E-state index contributed by atoms with van der Waals surface area (Å²) >= 11 is 0. The molecular weight excluding hydrogens is 262 g/mol. The molecule has 1 atom stereocenters. The third-order valence-corrected chi connectivity index (χ3v) is 2.67. The predicted molar refractivity (Wildman–Crippen MR) is 73.0 cm³/mol. The molecule has 0 aliphatic carbocycles. The van der Waals surface area contributed by atoms with E-state index >= 15 is 0 Å². The summed E-state index contributed by atoms with van der Waals surface area (Å²) in [5.41, 5.74) is 6.75. The summed E-state index contributed by atoms with van der Waals surface area (Å²) in [6.45, 7) is 1.71. The third-order valence-electron chi connectivity index (χ3n) is 2.67. The molecule has 20 heavy (non-hydrogen) atoms. The Hall–Kier alpha value is -1.51. The van der Waals surface area contributed by atoms with Crippen molar-refractivity contribution in [2.45, 2.75) is 25.3 Å². The average molecular weight is 285 g/mol. The average Bonchev–Trinajstić information content (AvgIpc) is 2.95. The number of nitrogens with zero attached hydrogens (tertiary/aromatic N) is 2. The van der Waals surface area contributed by atoms with Gasteiger partial charge in [0.15, 0.2) is 0 Å². The number of likely N-dealkylation sites (N-methyl/N-ethyl adjacent to an activating group) is 1. The lowest BCUT2D eigenvalue weighted by molar-refractivity contribution is -0.125. The smallest absolute Gasteiger partial charge is 0.245 e. The first-order valence-electron chi connectivity index (χ1n) is 6.68. The zero-order valence-electron chi connectivity index (χ0n) is 11.8. The highest BCUT2D eigenvalue weighted by atomic mass is 16.5. The second kappa shape index (κ2) is 10.3. The molecule has 0 saturated carbocycles. The fraction of sp³-hybridized carbons (Fsp3) is 0.750. The molecule has 1 unspecified atom stereocenters. The van der Waals surface area contributed by atoms with Crippen LogP contribution >= 0.6 is 0 Å². The molecule has 114 valence electrons. The number of rotatable bonds is 11. The first-order valence-corrected chi connectivity index (χ1v) is 6.68. The van der Waals surface area contributed by atoms with E-state index in [2.05, 4.69) is 20.7 Å². The van der Waals surface area contributed by atoms with E-state index in [1.165, 1.54) is 0 Å². The van der Waals surface area contributed by atoms with Gasteiger partial charge in [0.2, 0.25) is 5.91 Å². The summed E-state index contributed by atoms with van der Waals surface area (Å²) in [7, 11) is 1.57. The molecule has 1 aromatic heterocycles. The quantitative estimate of drug-likeness (QED) is 0.460. The predicted octanol–water partition coefficient (Wildman–Crippen LogP) is -0.766. The van der Waals surface area contributed by atoms with Crippen LogP contribution in [0.2, 0.25) is 0 Å².